The predicted molar refractivity (Wildman–Crippen MR) is 60.7 cm³/mol. The van der Waals surface area contributed by atoms with Crippen LogP contribution in [0.4, 0.5) is 0 Å². The van der Waals surface area contributed by atoms with Gasteiger partial charge in [0.05, 0.1) is 6.42 Å². The van der Waals surface area contributed by atoms with E-state index in [-0.39, 0.29) is 18.0 Å². The number of hydrazone groups is 1. The summed E-state index contributed by atoms with van der Waals surface area (Å²) in [6.07, 6.45) is 1.31. The first-order valence-electron chi connectivity index (χ1n) is 4.99. The molecule has 0 saturated heterocycles. The van der Waals surface area contributed by atoms with Gasteiger partial charge in [0.15, 0.2) is 0 Å². The van der Waals surface area contributed by atoms with Crippen LogP contribution in [0.1, 0.15) is 19.5 Å². The molecule has 0 spiro atoms. The lowest BCUT2D eigenvalue weighted by Gasteiger charge is -1.98. The van der Waals surface area contributed by atoms with Crippen molar-refractivity contribution in [1.29, 1.82) is 0 Å². The largest absolute Gasteiger partial charge is 0.342 e. The third-order valence-corrected chi connectivity index (χ3v) is 1.67. The molecule has 3 N–H and O–H groups in total. The summed E-state index contributed by atoms with van der Waals surface area (Å²) in [4.78, 5) is 35.2. The van der Waals surface area contributed by atoms with Gasteiger partial charge < -0.3 is 0 Å². The number of hydrogen-bond acceptors (Lipinski definition) is 5. The Hall–Kier alpha value is -2.25. The summed E-state index contributed by atoms with van der Waals surface area (Å²) >= 11 is 0. The molecule has 0 aliphatic heterocycles. The molecule has 1 aromatic heterocycles. The van der Waals surface area contributed by atoms with Crippen molar-refractivity contribution in [3.8, 4) is 0 Å². The monoisotopic (exact) mass is 239 g/mol. The molecule has 0 bridgehead atoms. The molecular formula is C9H13N5O3. The second-order valence-corrected chi connectivity index (χ2v) is 3.69. The highest BCUT2D eigenvalue weighted by molar-refractivity contribution is 5.78. The molecule has 92 valence electrons. The van der Waals surface area contributed by atoms with E-state index in [1.54, 1.807) is 6.21 Å². The maximum absolute atomic E-state index is 11.3. The number of hydrogen-bond donors (Lipinski definition) is 3. The van der Waals surface area contributed by atoms with Gasteiger partial charge in [-0.1, -0.05) is 13.8 Å². The summed E-state index contributed by atoms with van der Waals surface area (Å²) < 4.78 is 0. The molecule has 0 unspecified atom stereocenters. The Morgan fingerprint density at radius 3 is 2.82 bits per heavy atom. The smallest absolute Gasteiger partial charge is 0.273 e. The van der Waals surface area contributed by atoms with Crippen molar-refractivity contribution in [1.82, 2.24) is 20.6 Å². The number of aromatic amines is 2. The van der Waals surface area contributed by atoms with Crippen LogP contribution >= 0.6 is 0 Å². The minimum Gasteiger partial charge on any atom is -0.273 e. The molecular weight excluding hydrogens is 226 g/mol. The molecule has 0 saturated carbocycles. The van der Waals surface area contributed by atoms with Crippen molar-refractivity contribution in [2.75, 3.05) is 0 Å². The van der Waals surface area contributed by atoms with Crippen LogP contribution in [0.25, 0.3) is 0 Å². The van der Waals surface area contributed by atoms with Gasteiger partial charge in [-0.05, 0) is 5.92 Å². The molecule has 1 aromatic rings. The minimum absolute atomic E-state index is 0.0677. The number of nitrogens with one attached hydrogen (secondary N) is 3. The van der Waals surface area contributed by atoms with Crippen LogP contribution in [0.2, 0.25) is 0 Å². The first kappa shape index (κ1) is 12.8. The Bertz CT molecular complexity index is 528. The zero-order chi connectivity index (χ0) is 12.8. The minimum atomic E-state index is -0.711. The van der Waals surface area contributed by atoms with Gasteiger partial charge in [-0.2, -0.15) is 10.2 Å². The van der Waals surface area contributed by atoms with Crippen LogP contribution in [0.5, 0.6) is 0 Å². The van der Waals surface area contributed by atoms with Gasteiger partial charge in [0, 0.05) is 6.21 Å². The highest BCUT2D eigenvalue weighted by Crippen LogP contribution is 1.85. The number of H-pyrrole nitrogens is 2. The Labute approximate surface area is 96.1 Å². The molecule has 0 atom stereocenters. The predicted octanol–water partition coefficient (Wildman–Crippen LogP) is -1.24. The van der Waals surface area contributed by atoms with E-state index in [2.05, 4.69) is 15.6 Å². The summed E-state index contributed by atoms with van der Waals surface area (Å²) in [6, 6.07) is 0. The lowest BCUT2D eigenvalue weighted by molar-refractivity contribution is -0.120. The van der Waals surface area contributed by atoms with E-state index < -0.39 is 17.2 Å². The van der Waals surface area contributed by atoms with Crippen molar-refractivity contribution < 1.29 is 4.79 Å². The Balaban J connectivity index is 2.63. The topological polar surface area (TPSA) is 120 Å². The average molecular weight is 239 g/mol. The summed E-state index contributed by atoms with van der Waals surface area (Å²) in [5.41, 5.74) is 0.788. The summed E-state index contributed by atoms with van der Waals surface area (Å²) in [6.45, 7) is 3.81. The molecule has 0 aliphatic rings. The maximum Gasteiger partial charge on any atom is 0.342 e. The molecule has 1 rings (SSSR count). The van der Waals surface area contributed by atoms with Crippen molar-refractivity contribution in [3.05, 3.63) is 26.5 Å². The molecule has 0 fully saturated rings. The molecule has 17 heavy (non-hydrogen) atoms. The highest BCUT2D eigenvalue weighted by atomic mass is 16.2. The van der Waals surface area contributed by atoms with Gasteiger partial charge in [0.25, 0.3) is 5.56 Å². The number of aromatic nitrogens is 3. The quantitative estimate of drug-likeness (QED) is 0.449. The SMILES string of the molecule is CC(C)/C=N/NC(=O)Cc1n[nH]c(=O)[nH]c1=O. The standard InChI is InChI=1S/C9H13N5O3/c1-5(2)4-10-13-7(15)3-6-8(16)11-9(17)14-12-6/h4-5H,3H2,1-2H3,(H,13,15)(H2,11,14,16,17)/b10-4+. The third kappa shape index (κ3) is 4.41. The zero-order valence-corrected chi connectivity index (χ0v) is 9.48. The van der Waals surface area contributed by atoms with E-state index in [1.807, 2.05) is 23.9 Å². The molecule has 0 aromatic carbocycles. The second kappa shape index (κ2) is 5.73. The van der Waals surface area contributed by atoms with Gasteiger partial charge in [-0.25, -0.2) is 15.3 Å². The third-order valence-electron chi connectivity index (χ3n) is 1.67. The van der Waals surface area contributed by atoms with E-state index in [0.717, 1.165) is 0 Å². The van der Waals surface area contributed by atoms with Crippen LogP contribution in [-0.4, -0.2) is 27.3 Å². The van der Waals surface area contributed by atoms with Crippen molar-refractivity contribution in [3.63, 3.8) is 0 Å². The van der Waals surface area contributed by atoms with E-state index in [4.69, 9.17) is 0 Å². The molecule has 8 heteroatoms. The summed E-state index contributed by atoms with van der Waals surface area (Å²) in [7, 11) is 0. The highest BCUT2D eigenvalue weighted by Gasteiger charge is 2.08. The number of carbonyl (C=O) groups is 1. The second-order valence-electron chi connectivity index (χ2n) is 3.69. The fourth-order valence-corrected chi connectivity index (χ4v) is 0.942. The van der Waals surface area contributed by atoms with Gasteiger partial charge >= 0.3 is 5.69 Å². The number of rotatable bonds is 4. The van der Waals surface area contributed by atoms with Crippen LogP contribution in [-0.2, 0) is 11.2 Å². The molecule has 8 nitrogen and oxygen atoms in total. The number of carbonyl (C=O) groups excluding carboxylic acids is 1. The number of amides is 1. The van der Waals surface area contributed by atoms with Gasteiger partial charge in [0.1, 0.15) is 5.69 Å². The Morgan fingerprint density at radius 2 is 2.24 bits per heavy atom. The van der Waals surface area contributed by atoms with Crippen molar-refractivity contribution in [2.24, 2.45) is 11.0 Å². The molecule has 0 aliphatic carbocycles. The van der Waals surface area contributed by atoms with Gasteiger partial charge in [-0.3, -0.25) is 14.6 Å². The average Bonchev–Trinajstić information content (AvgIpc) is 2.21. The first-order chi connectivity index (χ1) is 7.99. The summed E-state index contributed by atoms with van der Waals surface area (Å²) in [5.74, 6) is -0.267. The van der Waals surface area contributed by atoms with E-state index in [1.165, 1.54) is 0 Å². The fraction of sp³-hybridized carbons (Fsp3) is 0.444. The summed E-state index contributed by atoms with van der Waals surface area (Å²) in [5, 5.41) is 9.19. The van der Waals surface area contributed by atoms with Crippen LogP contribution in [0.3, 0.4) is 0 Å². The van der Waals surface area contributed by atoms with Crippen LogP contribution in [0, 0.1) is 5.92 Å². The van der Waals surface area contributed by atoms with E-state index >= 15 is 0 Å². The van der Waals surface area contributed by atoms with E-state index in [0.29, 0.717) is 0 Å². The van der Waals surface area contributed by atoms with Crippen LogP contribution in [0.15, 0.2) is 14.7 Å². The number of nitrogens with zero attached hydrogens (tertiary/aromatic N) is 2. The molecule has 1 amide bonds. The first-order valence-corrected chi connectivity index (χ1v) is 4.99. The fourth-order valence-electron chi connectivity index (χ4n) is 0.942. The lowest BCUT2D eigenvalue weighted by Crippen LogP contribution is -2.31. The van der Waals surface area contributed by atoms with Crippen LogP contribution < -0.4 is 16.7 Å². The Morgan fingerprint density at radius 1 is 1.53 bits per heavy atom. The molecule has 0 radical (unpaired) electrons. The van der Waals surface area contributed by atoms with Crippen molar-refractivity contribution >= 4 is 12.1 Å². The maximum atomic E-state index is 11.3. The van der Waals surface area contributed by atoms with Crippen molar-refractivity contribution in [2.45, 2.75) is 20.3 Å². The van der Waals surface area contributed by atoms with Gasteiger partial charge in [-0.15, -0.1) is 0 Å². The molecule has 1 heterocycles. The van der Waals surface area contributed by atoms with Gasteiger partial charge in [0.2, 0.25) is 5.91 Å². The zero-order valence-electron chi connectivity index (χ0n) is 9.48. The van der Waals surface area contributed by atoms with E-state index in [9.17, 15) is 14.4 Å². The lowest BCUT2D eigenvalue weighted by atomic mass is 10.3. The Kier molecular flexibility index (Phi) is 4.32. The normalized spacial score (nSPS) is 11.0.